The van der Waals surface area contributed by atoms with Gasteiger partial charge in [0.05, 0.1) is 29.4 Å². The fourth-order valence-electron chi connectivity index (χ4n) is 4.66. The number of sulfone groups is 3. The van der Waals surface area contributed by atoms with Crippen molar-refractivity contribution in [1.82, 2.24) is 0 Å². The number of rotatable bonds is 10. The second-order valence-corrected chi connectivity index (χ2v) is 16.4. The lowest BCUT2D eigenvalue weighted by Gasteiger charge is -2.10. The van der Waals surface area contributed by atoms with Crippen LogP contribution in [-0.2, 0) is 29.5 Å². The molecule has 6 aromatic rings. The van der Waals surface area contributed by atoms with Gasteiger partial charge < -0.3 is 9.47 Å². The first-order chi connectivity index (χ1) is 23.3. The smallest absolute Gasteiger partial charge is 0.206 e. The fraction of sp³-hybridized carbons (Fsp3) is 0. The van der Waals surface area contributed by atoms with E-state index < -0.39 is 41.1 Å². The highest BCUT2D eigenvalue weighted by Gasteiger charge is 2.20. The molecular weight excluding hydrogens is 695 g/mol. The van der Waals surface area contributed by atoms with Crippen LogP contribution >= 0.6 is 0 Å². The quantitative estimate of drug-likeness (QED) is 0.131. The third-order valence-corrected chi connectivity index (χ3v) is 12.6. The summed E-state index contributed by atoms with van der Waals surface area (Å²) >= 11 is 0. The number of hydrogen-bond donors (Lipinski definition) is 0. The highest BCUT2D eigenvalue weighted by Crippen LogP contribution is 2.31. The van der Waals surface area contributed by atoms with E-state index in [1.807, 2.05) is 0 Å². The van der Waals surface area contributed by atoms with Crippen molar-refractivity contribution < 1.29 is 43.5 Å². The Morgan fingerprint density at radius 2 is 0.449 bits per heavy atom. The average Bonchev–Trinajstić information content (AvgIpc) is 3.10. The van der Waals surface area contributed by atoms with Crippen LogP contribution in [0.3, 0.4) is 0 Å². The van der Waals surface area contributed by atoms with Crippen LogP contribution in [0.15, 0.2) is 175 Å². The van der Waals surface area contributed by atoms with E-state index in [4.69, 9.17) is 9.47 Å². The molecule has 0 saturated heterocycles. The van der Waals surface area contributed by atoms with Crippen LogP contribution in [0, 0.1) is 11.6 Å². The highest BCUT2D eigenvalue weighted by molar-refractivity contribution is 7.92. The second-order valence-electron chi connectivity index (χ2n) is 10.5. The van der Waals surface area contributed by atoms with Gasteiger partial charge in [-0.2, -0.15) is 0 Å². The molecule has 8 nitrogen and oxygen atoms in total. The van der Waals surface area contributed by atoms with Gasteiger partial charge in [0.2, 0.25) is 29.5 Å². The van der Waals surface area contributed by atoms with Gasteiger partial charge in [0, 0.05) is 0 Å². The van der Waals surface area contributed by atoms with Crippen LogP contribution in [-0.4, -0.2) is 25.3 Å². The zero-order valence-corrected chi connectivity index (χ0v) is 27.6. The molecule has 6 rings (SSSR count). The summed E-state index contributed by atoms with van der Waals surface area (Å²) in [6.07, 6.45) is 0. The summed E-state index contributed by atoms with van der Waals surface area (Å²) in [5, 5.41) is 0. The summed E-state index contributed by atoms with van der Waals surface area (Å²) in [6, 6.07) is 31.6. The van der Waals surface area contributed by atoms with Crippen LogP contribution in [0.2, 0.25) is 0 Å². The number of halogens is 2. The Morgan fingerprint density at radius 3 is 0.633 bits per heavy atom. The summed E-state index contributed by atoms with van der Waals surface area (Å²) in [7, 11) is -11.6. The lowest BCUT2D eigenvalue weighted by Crippen LogP contribution is -2.02. The summed E-state index contributed by atoms with van der Waals surface area (Å²) < 4.78 is 116. The topological polar surface area (TPSA) is 121 Å². The van der Waals surface area contributed by atoms with Gasteiger partial charge in [0.1, 0.15) is 34.6 Å². The molecule has 0 amide bonds. The lowest BCUT2D eigenvalue weighted by molar-refractivity contribution is 0.481. The Morgan fingerprint density at radius 1 is 0.286 bits per heavy atom. The molecule has 6 aromatic carbocycles. The van der Waals surface area contributed by atoms with E-state index in [1.54, 1.807) is 0 Å². The van der Waals surface area contributed by atoms with Gasteiger partial charge in [-0.1, -0.05) is 0 Å². The Hall–Kier alpha value is -5.37. The number of hydrogen-bond acceptors (Lipinski definition) is 8. The van der Waals surface area contributed by atoms with Crippen molar-refractivity contribution in [2.75, 3.05) is 0 Å². The Labute approximate surface area is 281 Å². The molecule has 0 heterocycles. The van der Waals surface area contributed by atoms with Crippen LogP contribution in [0.25, 0.3) is 0 Å². The van der Waals surface area contributed by atoms with E-state index in [1.165, 1.54) is 121 Å². The van der Waals surface area contributed by atoms with E-state index in [2.05, 4.69) is 0 Å². The minimum absolute atomic E-state index is 0.00352. The molecule has 49 heavy (non-hydrogen) atoms. The average molecular weight is 719 g/mol. The van der Waals surface area contributed by atoms with Gasteiger partial charge in [-0.15, -0.1) is 0 Å². The van der Waals surface area contributed by atoms with Crippen LogP contribution in [0.1, 0.15) is 0 Å². The number of ether oxygens (including phenoxy) is 2. The molecule has 0 aliphatic rings. The minimum Gasteiger partial charge on any atom is -0.457 e. The van der Waals surface area contributed by atoms with E-state index in [-0.39, 0.29) is 29.4 Å². The molecule has 0 fully saturated rings. The van der Waals surface area contributed by atoms with E-state index in [0.717, 1.165) is 24.3 Å². The van der Waals surface area contributed by atoms with Crippen molar-refractivity contribution in [2.24, 2.45) is 0 Å². The lowest BCUT2D eigenvalue weighted by atomic mass is 10.3. The fourth-order valence-corrected chi connectivity index (χ4v) is 8.44. The van der Waals surface area contributed by atoms with Crippen molar-refractivity contribution in [3.8, 4) is 23.0 Å². The van der Waals surface area contributed by atoms with E-state index in [0.29, 0.717) is 23.0 Å². The van der Waals surface area contributed by atoms with Gasteiger partial charge in [-0.05, 0) is 146 Å². The molecular formula is C36H24F2O8S3. The second kappa shape index (κ2) is 13.3. The Kier molecular flexibility index (Phi) is 9.08. The van der Waals surface area contributed by atoms with Gasteiger partial charge in [0.25, 0.3) is 0 Å². The van der Waals surface area contributed by atoms with Gasteiger partial charge in [0.15, 0.2) is 0 Å². The zero-order chi connectivity index (χ0) is 34.8. The van der Waals surface area contributed by atoms with Gasteiger partial charge >= 0.3 is 0 Å². The standard InChI is InChI=1S/C36H24F2O8S3/c37-25-1-13-31(14-2-25)47(39,40)33-17-5-27(6-18-33)45-29-9-21-35(22-10-29)49(43,44)36-23-11-30(12-24-36)46-28-7-19-34(20-8-28)48(41,42)32-15-3-26(38)4-16-32/h1-24H. The molecule has 0 spiro atoms. The van der Waals surface area contributed by atoms with Crippen molar-refractivity contribution in [3.63, 3.8) is 0 Å². The van der Waals surface area contributed by atoms with Crippen molar-refractivity contribution in [3.05, 3.63) is 157 Å². The first-order valence-electron chi connectivity index (χ1n) is 14.3. The predicted octanol–water partition coefficient (Wildman–Crippen LogP) is 8.05. The molecule has 0 aromatic heterocycles. The molecule has 0 aliphatic heterocycles. The molecule has 0 radical (unpaired) electrons. The molecule has 0 saturated carbocycles. The van der Waals surface area contributed by atoms with Crippen LogP contribution < -0.4 is 9.47 Å². The van der Waals surface area contributed by atoms with Crippen molar-refractivity contribution >= 4 is 29.5 Å². The van der Waals surface area contributed by atoms with E-state index >= 15 is 0 Å². The maximum atomic E-state index is 13.3. The molecule has 0 bridgehead atoms. The molecule has 0 N–H and O–H groups in total. The molecule has 0 atom stereocenters. The normalized spacial score (nSPS) is 12.0. The number of benzene rings is 6. The molecule has 13 heteroatoms. The maximum Gasteiger partial charge on any atom is 0.206 e. The van der Waals surface area contributed by atoms with Crippen molar-refractivity contribution in [1.29, 1.82) is 0 Å². The molecule has 0 aliphatic carbocycles. The molecule has 0 unspecified atom stereocenters. The zero-order valence-electron chi connectivity index (χ0n) is 25.1. The first kappa shape index (κ1) is 33.5. The third kappa shape index (κ3) is 7.23. The maximum absolute atomic E-state index is 13.3. The third-order valence-electron chi connectivity index (χ3n) is 7.26. The summed E-state index contributed by atoms with van der Waals surface area (Å²) in [6.45, 7) is 0. The first-order valence-corrected chi connectivity index (χ1v) is 18.8. The largest absolute Gasteiger partial charge is 0.457 e. The monoisotopic (exact) mass is 718 g/mol. The predicted molar refractivity (Wildman–Crippen MR) is 175 cm³/mol. The molecule has 248 valence electrons. The van der Waals surface area contributed by atoms with Gasteiger partial charge in [-0.3, -0.25) is 0 Å². The van der Waals surface area contributed by atoms with Crippen LogP contribution in [0.5, 0.6) is 23.0 Å². The highest BCUT2D eigenvalue weighted by atomic mass is 32.2. The van der Waals surface area contributed by atoms with Gasteiger partial charge in [-0.25, -0.2) is 34.0 Å². The summed E-state index contributed by atoms with van der Waals surface area (Å²) in [5.41, 5.74) is 0. The van der Waals surface area contributed by atoms with E-state index in [9.17, 15) is 34.0 Å². The summed E-state index contributed by atoms with van der Waals surface area (Å²) in [4.78, 5) is -0.0925. The Bertz CT molecular complexity index is 2260. The van der Waals surface area contributed by atoms with Crippen molar-refractivity contribution in [2.45, 2.75) is 29.4 Å². The van der Waals surface area contributed by atoms with Crippen LogP contribution in [0.4, 0.5) is 8.78 Å². The SMILES string of the molecule is O=S(=O)(c1ccc(F)cc1)c1ccc(Oc2ccc(S(=O)(=O)c3ccc(Oc4ccc(S(=O)(=O)c5ccc(F)cc5)cc4)cc3)cc2)cc1. The Balaban J connectivity index is 1.09. The summed E-state index contributed by atoms with van der Waals surface area (Å²) in [5.74, 6) is 0.157. The minimum atomic E-state index is -3.91.